The van der Waals surface area contributed by atoms with E-state index in [1.807, 2.05) is 0 Å². The van der Waals surface area contributed by atoms with Gasteiger partial charge in [-0.1, -0.05) is 290 Å². The van der Waals surface area contributed by atoms with Crippen molar-refractivity contribution in [3.8, 4) is 0 Å². The van der Waals surface area contributed by atoms with E-state index >= 15 is 0 Å². The van der Waals surface area contributed by atoms with Crippen LogP contribution in [0.5, 0.6) is 0 Å². The van der Waals surface area contributed by atoms with Gasteiger partial charge < -0.3 is 14.2 Å². The molecule has 0 amide bonds. The van der Waals surface area contributed by atoms with Crippen LogP contribution in [0.15, 0.2) is 122 Å². The smallest absolute Gasteiger partial charge is 0.306 e. The molecule has 0 fully saturated rings. The molecule has 0 aromatic heterocycles. The Balaban J connectivity index is 4.43. The number of unbranched alkanes of at least 4 members (excludes halogenated alkanes) is 27. The van der Waals surface area contributed by atoms with Crippen LogP contribution in [-0.4, -0.2) is 37.2 Å². The molecule has 0 aliphatic heterocycles. The Morgan fingerprint density at radius 1 is 0.269 bits per heavy atom. The Bertz CT molecular complexity index is 1620. The number of ether oxygens (including phenoxy) is 3. The Labute approximate surface area is 482 Å². The summed E-state index contributed by atoms with van der Waals surface area (Å²) >= 11 is 0. The van der Waals surface area contributed by atoms with Crippen LogP contribution in [0.1, 0.15) is 297 Å². The summed E-state index contributed by atoms with van der Waals surface area (Å²) in [5, 5.41) is 0. The van der Waals surface area contributed by atoms with E-state index in [-0.39, 0.29) is 37.5 Å². The quantitative estimate of drug-likeness (QED) is 0.0261. The van der Waals surface area contributed by atoms with E-state index in [0.717, 1.165) is 103 Å². The predicted molar refractivity (Wildman–Crippen MR) is 339 cm³/mol. The lowest BCUT2D eigenvalue weighted by atomic mass is 10.0. The molecule has 1 unspecified atom stereocenters. The monoisotopic (exact) mass is 1080 g/mol. The summed E-state index contributed by atoms with van der Waals surface area (Å²) in [7, 11) is 0. The minimum atomic E-state index is -0.806. The SMILES string of the molecule is CC/C=C\C/C=C\C/C=C\C/C=C\C/C=C\C/C=C\C/C=C\C/C=C\C/C=C\CCCC(=O)OCC(COC(=O)CCCCCCCCCCCCCCC)OC(=O)CCCCCCCCC/C=C\CCCCCCCCC. The summed E-state index contributed by atoms with van der Waals surface area (Å²) in [6.45, 7) is 6.49. The van der Waals surface area contributed by atoms with Crippen LogP contribution in [-0.2, 0) is 28.6 Å². The fourth-order valence-corrected chi connectivity index (χ4v) is 8.85. The maximum absolute atomic E-state index is 12.9. The Morgan fingerprint density at radius 2 is 0.513 bits per heavy atom. The largest absolute Gasteiger partial charge is 0.462 e. The normalized spacial score (nSPS) is 12.9. The van der Waals surface area contributed by atoms with Gasteiger partial charge in [-0.15, -0.1) is 0 Å². The zero-order chi connectivity index (χ0) is 56.4. The molecule has 0 bridgehead atoms. The molecule has 0 rings (SSSR count). The van der Waals surface area contributed by atoms with Crippen molar-refractivity contribution in [2.24, 2.45) is 0 Å². The lowest BCUT2D eigenvalue weighted by molar-refractivity contribution is -0.167. The average molecular weight is 1080 g/mol. The molecule has 444 valence electrons. The first-order chi connectivity index (χ1) is 38.5. The summed E-state index contributed by atoms with van der Waals surface area (Å²) in [6, 6.07) is 0. The lowest BCUT2D eigenvalue weighted by Gasteiger charge is -2.18. The van der Waals surface area contributed by atoms with E-state index in [1.165, 1.54) is 148 Å². The van der Waals surface area contributed by atoms with Gasteiger partial charge in [0.1, 0.15) is 13.2 Å². The van der Waals surface area contributed by atoms with Crippen LogP contribution < -0.4 is 0 Å². The van der Waals surface area contributed by atoms with Crippen LogP contribution >= 0.6 is 0 Å². The Hall–Kier alpha value is -4.19. The Kier molecular flexibility index (Phi) is 61.8. The van der Waals surface area contributed by atoms with Crippen molar-refractivity contribution < 1.29 is 28.6 Å². The number of carbonyl (C=O) groups is 3. The van der Waals surface area contributed by atoms with Crippen LogP contribution in [0.25, 0.3) is 0 Å². The molecule has 0 saturated carbocycles. The summed E-state index contributed by atoms with van der Waals surface area (Å²) in [6.07, 6.45) is 90.7. The standard InChI is InChI=1S/C72H120O6/c1-4-7-10-13-16-19-22-25-27-29-31-32-33-34-35-36-37-38-39-40-41-43-44-47-50-53-56-59-62-65-71(74)77-68-69(67-76-70(73)64-61-58-55-52-49-46-24-21-18-15-12-9-6-3)78-72(75)66-63-60-57-54-51-48-45-42-30-28-26-23-20-17-14-11-8-5-2/h7,10,16,19,25,27-28,30-32,34-35,37-38,40-41,44,47,53,56,69H,4-6,8-9,11-15,17-18,20-24,26,29,33,36,39,42-43,45-46,48-52,54-55,57-68H2,1-3H3/b10-7-,19-16-,27-25-,30-28-,32-31-,35-34-,38-37-,41-40-,47-44-,56-53-. The fraction of sp³-hybridized carbons (Fsp3) is 0.681. The van der Waals surface area contributed by atoms with Gasteiger partial charge in [0.15, 0.2) is 6.10 Å². The molecule has 78 heavy (non-hydrogen) atoms. The van der Waals surface area contributed by atoms with Gasteiger partial charge in [-0.2, -0.15) is 0 Å². The van der Waals surface area contributed by atoms with Crippen molar-refractivity contribution in [2.45, 2.75) is 303 Å². The molecule has 0 saturated heterocycles. The second-order valence-corrected chi connectivity index (χ2v) is 21.3. The second kappa shape index (κ2) is 65.3. The molecule has 0 spiro atoms. The number of allylic oxidation sites excluding steroid dienone is 20. The van der Waals surface area contributed by atoms with Gasteiger partial charge >= 0.3 is 17.9 Å². The minimum absolute atomic E-state index is 0.0971. The van der Waals surface area contributed by atoms with Gasteiger partial charge in [0, 0.05) is 19.3 Å². The van der Waals surface area contributed by atoms with Crippen molar-refractivity contribution in [2.75, 3.05) is 13.2 Å². The molecule has 0 aromatic rings. The molecule has 0 radical (unpaired) electrons. The van der Waals surface area contributed by atoms with Gasteiger partial charge in [-0.3, -0.25) is 14.4 Å². The molecule has 6 heteroatoms. The van der Waals surface area contributed by atoms with Gasteiger partial charge in [0.05, 0.1) is 0 Å². The molecule has 0 aliphatic carbocycles. The van der Waals surface area contributed by atoms with Crippen LogP contribution in [0.2, 0.25) is 0 Å². The third-order valence-corrected chi connectivity index (χ3v) is 13.7. The maximum Gasteiger partial charge on any atom is 0.306 e. The second-order valence-electron chi connectivity index (χ2n) is 21.3. The summed E-state index contributed by atoms with van der Waals surface area (Å²) in [5.74, 6) is -0.958. The van der Waals surface area contributed by atoms with Gasteiger partial charge in [0.2, 0.25) is 0 Å². The Morgan fingerprint density at radius 3 is 0.846 bits per heavy atom. The maximum atomic E-state index is 12.9. The van der Waals surface area contributed by atoms with E-state index in [4.69, 9.17) is 14.2 Å². The first-order valence-electron chi connectivity index (χ1n) is 32.5. The number of hydrogen-bond donors (Lipinski definition) is 0. The molecule has 1 atom stereocenters. The van der Waals surface area contributed by atoms with Crippen molar-refractivity contribution in [1.82, 2.24) is 0 Å². The molecular weight excluding hydrogens is 961 g/mol. The zero-order valence-electron chi connectivity index (χ0n) is 50.9. The van der Waals surface area contributed by atoms with Gasteiger partial charge in [0.25, 0.3) is 0 Å². The highest BCUT2D eigenvalue weighted by atomic mass is 16.6. The van der Waals surface area contributed by atoms with E-state index in [1.54, 1.807) is 0 Å². The third kappa shape index (κ3) is 62.7. The number of rotatable bonds is 58. The molecule has 0 aliphatic rings. The summed E-state index contributed by atoms with van der Waals surface area (Å²) in [5.41, 5.74) is 0. The van der Waals surface area contributed by atoms with Crippen molar-refractivity contribution in [3.05, 3.63) is 122 Å². The molecule has 0 aromatic carbocycles. The highest BCUT2D eigenvalue weighted by Crippen LogP contribution is 2.16. The molecule has 6 nitrogen and oxygen atoms in total. The van der Waals surface area contributed by atoms with E-state index in [0.29, 0.717) is 19.3 Å². The van der Waals surface area contributed by atoms with Crippen molar-refractivity contribution in [3.63, 3.8) is 0 Å². The number of esters is 3. The topological polar surface area (TPSA) is 78.9 Å². The lowest BCUT2D eigenvalue weighted by Crippen LogP contribution is -2.30. The van der Waals surface area contributed by atoms with Crippen LogP contribution in [0.4, 0.5) is 0 Å². The zero-order valence-corrected chi connectivity index (χ0v) is 50.9. The van der Waals surface area contributed by atoms with E-state index in [2.05, 4.69) is 142 Å². The highest BCUT2D eigenvalue weighted by molar-refractivity contribution is 5.71. The minimum Gasteiger partial charge on any atom is -0.462 e. The summed E-state index contributed by atoms with van der Waals surface area (Å²) < 4.78 is 16.9. The fourth-order valence-electron chi connectivity index (χ4n) is 8.85. The molecule has 0 N–H and O–H groups in total. The predicted octanol–water partition coefficient (Wildman–Crippen LogP) is 22.4. The molecular formula is C72H120O6. The third-order valence-electron chi connectivity index (χ3n) is 13.7. The first-order valence-corrected chi connectivity index (χ1v) is 32.5. The van der Waals surface area contributed by atoms with Crippen LogP contribution in [0, 0.1) is 0 Å². The van der Waals surface area contributed by atoms with E-state index < -0.39 is 6.10 Å². The highest BCUT2D eigenvalue weighted by Gasteiger charge is 2.19. The van der Waals surface area contributed by atoms with Crippen LogP contribution in [0.3, 0.4) is 0 Å². The van der Waals surface area contributed by atoms with E-state index in [9.17, 15) is 14.4 Å². The van der Waals surface area contributed by atoms with Gasteiger partial charge in [-0.05, 0) is 109 Å². The average Bonchev–Trinajstić information content (AvgIpc) is 3.44. The number of carbonyl (C=O) groups excluding carboxylic acids is 3. The van der Waals surface area contributed by atoms with Crippen molar-refractivity contribution >= 4 is 17.9 Å². The first kappa shape index (κ1) is 73.8. The van der Waals surface area contributed by atoms with Gasteiger partial charge in [-0.25, -0.2) is 0 Å². The number of hydrogen-bond acceptors (Lipinski definition) is 6. The molecule has 0 heterocycles. The summed E-state index contributed by atoms with van der Waals surface area (Å²) in [4.78, 5) is 38.3. The van der Waals surface area contributed by atoms with Crippen molar-refractivity contribution in [1.29, 1.82) is 0 Å².